The second-order valence-electron chi connectivity index (χ2n) is 6.18. The Hall–Kier alpha value is -1.26. The number of hydrogen-bond acceptors (Lipinski definition) is 2. The Bertz CT molecular complexity index is 366. The minimum atomic E-state index is -0.865. The van der Waals surface area contributed by atoms with Crippen LogP contribution >= 0.6 is 0 Å². The molecule has 1 aliphatic carbocycles. The average molecular weight is 282 g/mol. The maximum atomic E-state index is 12.6. The zero-order chi connectivity index (χ0) is 14.7. The molecule has 1 heterocycles. The van der Waals surface area contributed by atoms with Crippen molar-refractivity contribution in [1.82, 2.24) is 9.80 Å². The second kappa shape index (κ2) is 6.46. The molecule has 0 aromatic heterocycles. The average Bonchev–Trinajstić information content (AvgIpc) is 2.99. The first-order valence-electron chi connectivity index (χ1n) is 7.80. The molecule has 2 fully saturated rings. The van der Waals surface area contributed by atoms with Crippen molar-refractivity contribution >= 4 is 12.0 Å². The van der Waals surface area contributed by atoms with Gasteiger partial charge in [-0.05, 0) is 31.6 Å². The van der Waals surface area contributed by atoms with Gasteiger partial charge in [0, 0.05) is 19.6 Å². The van der Waals surface area contributed by atoms with Crippen molar-refractivity contribution < 1.29 is 14.7 Å². The lowest BCUT2D eigenvalue weighted by Gasteiger charge is -2.40. The number of piperidine rings is 1. The van der Waals surface area contributed by atoms with Crippen molar-refractivity contribution in [3.05, 3.63) is 0 Å². The van der Waals surface area contributed by atoms with Crippen LogP contribution in [0.2, 0.25) is 0 Å². The molecule has 2 unspecified atom stereocenters. The number of carboxylic acid groups (broad SMARTS) is 1. The normalized spacial score (nSPS) is 27.6. The van der Waals surface area contributed by atoms with E-state index in [-0.39, 0.29) is 6.03 Å². The standard InChI is InChI=1S/C15H26N2O3/c1-3-11-8-9-17(13(10-11)14(18)19)15(20)16(2)12-6-4-5-7-12/h11-13H,3-10H2,1-2H3,(H,18,19). The van der Waals surface area contributed by atoms with E-state index in [4.69, 9.17) is 0 Å². The fourth-order valence-corrected chi connectivity index (χ4v) is 3.52. The van der Waals surface area contributed by atoms with E-state index in [0.717, 1.165) is 25.7 Å². The van der Waals surface area contributed by atoms with Crippen LogP contribution in [0.3, 0.4) is 0 Å². The smallest absolute Gasteiger partial charge is 0.326 e. The van der Waals surface area contributed by atoms with E-state index in [9.17, 15) is 14.7 Å². The number of carboxylic acids is 1. The summed E-state index contributed by atoms with van der Waals surface area (Å²) in [7, 11) is 1.82. The van der Waals surface area contributed by atoms with Crippen molar-refractivity contribution in [2.24, 2.45) is 5.92 Å². The maximum absolute atomic E-state index is 12.6. The lowest BCUT2D eigenvalue weighted by atomic mass is 9.89. The first-order chi connectivity index (χ1) is 9.54. The number of carbonyl (C=O) groups is 2. The first-order valence-corrected chi connectivity index (χ1v) is 7.80. The molecule has 2 amide bonds. The van der Waals surface area contributed by atoms with Gasteiger partial charge in [0.25, 0.3) is 0 Å². The molecule has 0 aromatic rings. The third kappa shape index (κ3) is 3.07. The highest BCUT2D eigenvalue weighted by atomic mass is 16.4. The zero-order valence-corrected chi connectivity index (χ0v) is 12.5. The van der Waals surface area contributed by atoms with Gasteiger partial charge in [-0.2, -0.15) is 0 Å². The van der Waals surface area contributed by atoms with E-state index in [0.29, 0.717) is 24.9 Å². The van der Waals surface area contributed by atoms with Crippen LogP contribution in [0.4, 0.5) is 4.79 Å². The van der Waals surface area contributed by atoms with Gasteiger partial charge in [-0.25, -0.2) is 9.59 Å². The Kier molecular flexibility index (Phi) is 4.89. The number of carbonyl (C=O) groups excluding carboxylic acids is 1. The molecule has 20 heavy (non-hydrogen) atoms. The summed E-state index contributed by atoms with van der Waals surface area (Å²) in [6, 6.07) is -0.454. The van der Waals surface area contributed by atoms with Crippen LogP contribution in [-0.2, 0) is 4.79 Å². The largest absolute Gasteiger partial charge is 0.480 e. The summed E-state index contributed by atoms with van der Waals surface area (Å²) in [5.74, 6) is -0.437. The van der Waals surface area contributed by atoms with Crippen LogP contribution in [0, 0.1) is 5.92 Å². The molecule has 1 saturated heterocycles. The Morgan fingerprint density at radius 1 is 1.25 bits per heavy atom. The maximum Gasteiger partial charge on any atom is 0.326 e. The van der Waals surface area contributed by atoms with Crippen LogP contribution < -0.4 is 0 Å². The summed E-state index contributed by atoms with van der Waals surface area (Å²) < 4.78 is 0. The highest BCUT2D eigenvalue weighted by molar-refractivity contribution is 5.83. The quantitative estimate of drug-likeness (QED) is 0.865. The lowest BCUT2D eigenvalue weighted by molar-refractivity contribution is -0.144. The molecule has 5 heteroatoms. The number of amides is 2. The number of likely N-dealkylation sites (tertiary alicyclic amines) is 1. The third-order valence-corrected chi connectivity index (χ3v) is 4.99. The third-order valence-electron chi connectivity index (χ3n) is 4.99. The molecular weight excluding hydrogens is 256 g/mol. The van der Waals surface area contributed by atoms with Gasteiger partial charge in [-0.1, -0.05) is 26.2 Å². The van der Waals surface area contributed by atoms with E-state index < -0.39 is 12.0 Å². The second-order valence-corrected chi connectivity index (χ2v) is 6.18. The molecule has 114 valence electrons. The summed E-state index contributed by atoms with van der Waals surface area (Å²) >= 11 is 0. The molecule has 2 rings (SSSR count). The van der Waals surface area contributed by atoms with E-state index in [1.165, 1.54) is 12.8 Å². The molecule has 1 saturated carbocycles. The van der Waals surface area contributed by atoms with E-state index in [1.54, 1.807) is 9.80 Å². The lowest BCUT2D eigenvalue weighted by Crippen LogP contribution is -2.55. The highest BCUT2D eigenvalue weighted by Gasteiger charge is 2.38. The molecule has 5 nitrogen and oxygen atoms in total. The minimum absolute atomic E-state index is 0.0983. The van der Waals surface area contributed by atoms with Gasteiger partial charge < -0.3 is 14.9 Å². The van der Waals surface area contributed by atoms with Gasteiger partial charge in [0.2, 0.25) is 0 Å². The molecule has 0 radical (unpaired) electrons. The van der Waals surface area contributed by atoms with Gasteiger partial charge in [0.05, 0.1) is 0 Å². The fourth-order valence-electron chi connectivity index (χ4n) is 3.52. The van der Waals surface area contributed by atoms with Crippen molar-refractivity contribution in [1.29, 1.82) is 0 Å². The predicted octanol–water partition coefficient (Wildman–Crippen LogP) is 2.56. The SMILES string of the molecule is CCC1CCN(C(=O)N(C)C2CCCC2)C(C(=O)O)C1. The van der Waals surface area contributed by atoms with E-state index >= 15 is 0 Å². The molecule has 1 aliphatic heterocycles. The Balaban J connectivity index is 2.04. The summed E-state index contributed by atoms with van der Waals surface area (Å²) in [5, 5.41) is 9.41. The van der Waals surface area contributed by atoms with Crippen LogP contribution in [0.25, 0.3) is 0 Å². The fraction of sp³-hybridized carbons (Fsp3) is 0.867. The van der Waals surface area contributed by atoms with Crippen molar-refractivity contribution in [3.63, 3.8) is 0 Å². The monoisotopic (exact) mass is 282 g/mol. The van der Waals surface area contributed by atoms with Crippen LogP contribution in [0.15, 0.2) is 0 Å². The van der Waals surface area contributed by atoms with Gasteiger partial charge in [0.1, 0.15) is 6.04 Å². The Labute approximate surface area is 120 Å². The molecule has 2 aliphatic rings. The van der Waals surface area contributed by atoms with Crippen molar-refractivity contribution in [3.8, 4) is 0 Å². The number of hydrogen-bond donors (Lipinski definition) is 1. The summed E-state index contributed by atoms with van der Waals surface area (Å²) in [6.45, 7) is 2.66. The van der Waals surface area contributed by atoms with Crippen molar-refractivity contribution in [2.75, 3.05) is 13.6 Å². The topological polar surface area (TPSA) is 60.9 Å². The molecule has 2 atom stereocenters. The first kappa shape index (κ1) is 15.1. The molecule has 0 aromatic carbocycles. The summed E-state index contributed by atoms with van der Waals surface area (Å²) in [6.07, 6.45) is 6.94. The van der Waals surface area contributed by atoms with Gasteiger partial charge in [-0.15, -0.1) is 0 Å². The summed E-state index contributed by atoms with van der Waals surface area (Å²) in [5.41, 5.74) is 0. The molecule has 0 spiro atoms. The van der Waals surface area contributed by atoms with Crippen LogP contribution in [-0.4, -0.2) is 52.6 Å². The van der Waals surface area contributed by atoms with Gasteiger partial charge >= 0.3 is 12.0 Å². The van der Waals surface area contributed by atoms with Gasteiger partial charge in [0.15, 0.2) is 0 Å². The minimum Gasteiger partial charge on any atom is -0.480 e. The number of rotatable bonds is 3. The Morgan fingerprint density at radius 3 is 2.45 bits per heavy atom. The number of nitrogens with zero attached hydrogens (tertiary/aromatic N) is 2. The van der Waals surface area contributed by atoms with Crippen LogP contribution in [0.5, 0.6) is 0 Å². The summed E-state index contributed by atoms with van der Waals surface area (Å²) in [4.78, 5) is 27.4. The predicted molar refractivity (Wildman–Crippen MR) is 76.6 cm³/mol. The molecular formula is C15H26N2O3. The van der Waals surface area contributed by atoms with Crippen molar-refractivity contribution in [2.45, 2.75) is 64.0 Å². The van der Waals surface area contributed by atoms with Crippen LogP contribution in [0.1, 0.15) is 51.9 Å². The zero-order valence-electron chi connectivity index (χ0n) is 12.5. The van der Waals surface area contributed by atoms with E-state index in [2.05, 4.69) is 6.92 Å². The molecule has 1 N–H and O–H groups in total. The highest BCUT2D eigenvalue weighted by Crippen LogP contribution is 2.28. The number of aliphatic carboxylic acids is 1. The Morgan fingerprint density at radius 2 is 1.90 bits per heavy atom. The number of urea groups is 1. The van der Waals surface area contributed by atoms with Gasteiger partial charge in [-0.3, -0.25) is 0 Å². The van der Waals surface area contributed by atoms with E-state index in [1.807, 2.05) is 7.05 Å². The molecule has 0 bridgehead atoms.